The van der Waals surface area contributed by atoms with Crippen molar-refractivity contribution in [3.05, 3.63) is 11.6 Å². The van der Waals surface area contributed by atoms with E-state index >= 15 is 0 Å². The summed E-state index contributed by atoms with van der Waals surface area (Å²) in [6.45, 7) is 6.33. The molecule has 0 aliphatic carbocycles. The Labute approximate surface area is 102 Å². The second-order valence-corrected chi connectivity index (χ2v) is 9.28. The Morgan fingerprint density at radius 2 is 1.94 bits per heavy atom. The second-order valence-electron chi connectivity index (χ2n) is 5.21. The van der Waals surface area contributed by atoms with Gasteiger partial charge in [-0.05, 0) is 55.4 Å². The van der Waals surface area contributed by atoms with E-state index in [-0.39, 0.29) is 0 Å². The SMILES string of the molecule is C/C=C(/C(=O)CS1(C)CCCC1)C(C)CC. The number of hydrogen-bond donors (Lipinski definition) is 0. The Bertz CT molecular complexity index is 274. The number of carbonyl (C=O) groups excluding carboxylic acids is 1. The Hall–Kier alpha value is -0.240. The third kappa shape index (κ3) is 3.38. The lowest BCUT2D eigenvalue weighted by molar-refractivity contribution is -0.113. The lowest BCUT2D eigenvalue weighted by atomic mass is 9.95. The molecule has 0 aromatic carbocycles. The standard InChI is InChI=1S/C14H26OS/c1-5-12(3)13(6-2)14(15)11-16(4)9-7-8-10-16/h6,12H,5,7-11H2,1-4H3/b13-6+. The minimum absolute atomic E-state index is 0.427. The molecule has 0 amide bonds. The molecular weight excluding hydrogens is 216 g/mol. The molecule has 0 N–H and O–H groups in total. The van der Waals surface area contributed by atoms with Crippen LogP contribution in [0.15, 0.2) is 11.6 Å². The zero-order valence-corrected chi connectivity index (χ0v) is 12.0. The lowest BCUT2D eigenvalue weighted by Gasteiger charge is -2.30. The largest absolute Gasteiger partial charge is 0.294 e. The highest BCUT2D eigenvalue weighted by molar-refractivity contribution is 8.33. The van der Waals surface area contributed by atoms with Gasteiger partial charge in [0.05, 0.1) is 0 Å². The number of allylic oxidation sites excluding steroid dienone is 2. The van der Waals surface area contributed by atoms with Crippen LogP contribution in [0.25, 0.3) is 0 Å². The van der Waals surface area contributed by atoms with E-state index < -0.39 is 10.0 Å². The van der Waals surface area contributed by atoms with Crippen molar-refractivity contribution in [3.63, 3.8) is 0 Å². The molecule has 1 unspecified atom stereocenters. The molecule has 94 valence electrons. The Morgan fingerprint density at radius 3 is 2.38 bits per heavy atom. The number of Topliss-reactive ketones (excluding diaryl/α,β-unsaturated/α-hetero) is 1. The molecule has 1 nitrogen and oxygen atoms in total. The van der Waals surface area contributed by atoms with Gasteiger partial charge in [0.1, 0.15) is 0 Å². The van der Waals surface area contributed by atoms with Crippen LogP contribution >= 0.6 is 10.0 Å². The van der Waals surface area contributed by atoms with Gasteiger partial charge in [-0.15, -0.1) is 0 Å². The van der Waals surface area contributed by atoms with Crippen LogP contribution in [-0.2, 0) is 4.79 Å². The molecule has 0 bridgehead atoms. The highest BCUT2D eigenvalue weighted by atomic mass is 32.3. The molecule has 1 aliphatic rings. The molecule has 0 saturated carbocycles. The zero-order valence-electron chi connectivity index (χ0n) is 11.2. The first-order valence-corrected chi connectivity index (χ1v) is 8.98. The molecule has 1 aliphatic heterocycles. The summed E-state index contributed by atoms with van der Waals surface area (Å²) in [5.41, 5.74) is 1.07. The van der Waals surface area contributed by atoms with Crippen molar-refractivity contribution in [1.29, 1.82) is 0 Å². The molecule has 0 spiro atoms. The molecule has 1 heterocycles. The van der Waals surface area contributed by atoms with Crippen molar-refractivity contribution >= 4 is 15.8 Å². The predicted octanol–water partition coefficient (Wildman–Crippen LogP) is 3.78. The highest BCUT2D eigenvalue weighted by Crippen LogP contribution is 2.50. The molecule has 0 aromatic rings. The first kappa shape index (κ1) is 13.8. The minimum atomic E-state index is -0.590. The van der Waals surface area contributed by atoms with Crippen molar-refractivity contribution in [2.75, 3.05) is 23.5 Å². The van der Waals surface area contributed by atoms with Crippen LogP contribution in [0, 0.1) is 5.92 Å². The van der Waals surface area contributed by atoms with Crippen molar-refractivity contribution in [3.8, 4) is 0 Å². The Kier molecular flexibility index (Phi) is 5.10. The molecule has 0 aromatic heterocycles. The van der Waals surface area contributed by atoms with Gasteiger partial charge >= 0.3 is 0 Å². The summed E-state index contributed by atoms with van der Waals surface area (Å²) >= 11 is 0. The topological polar surface area (TPSA) is 17.1 Å². The van der Waals surface area contributed by atoms with Crippen molar-refractivity contribution < 1.29 is 4.79 Å². The van der Waals surface area contributed by atoms with E-state index in [1.165, 1.54) is 24.3 Å². The summed E-state index contributed by atoms with van der Waals surface area (Å²) < 4.78 is 0. The first-order valence-electron chi connectivity index (χ1n) is 6.43. The third-order valence-corrected chi connectivity index (χ3v) is 7.29. The molecule has 1 atom stereocenters. The van der Waals surface area contributed by atoms with Gasteiger partial charge in [0.25, 0.3) is 0 Å². The van der Waals surface area contributed by atoms with E-state index in [0.717, 1.165) is 17.7 Å². The van der Waals surface area contributed by atoms with E-state index in [2.05, 4.69) is 20.1 Å². The van der Waals surface area contributed by atoms with E-state index in [0.29, 0.717) is 11.7 Å². The average molecular weight is 242 g/mol. The van der Waals surface area contributed by atoms with Crippen LogP contribution in [0.1, 0.15) is 40.0 Å². The van der Waals surface area contributed by atoms with Gasteiger partial charge in [-0.2, -0.15) is 0 Å². The Morgan fingerprint density at radius 1 is 1.38 bits per heavy atom. The van der Waals surface area contributed by atoms with E-state index in [9.17, 15) is 4.79 Å². The van der Waals surface area contributed by atoms with Gasteiger partial charge in [-0.1, -0.05) is 19.9 Å². The zero-order chi connectivity index (χ0) is 12.2. The minimum Gasteiger partial charge on any atom is -0.294 e. The fourth-order valence-corrected chi connectivity index (χ4v) is 5.58. The smallest absolute Gasteiger partial charge is 0.167 e. The maximum atomic E-state index is 12.3. The van der Waals surface area contributed by atoms with Crippen molar-refractivity contribution in [2.45, 2.75) is 40.0 Å². The van der Waals surface area contributed by atoms with Crippen molar-refractivity contribution in [1.82, 2.24) is 0 Å². The van der Waals surface area contributed by atoms with Crippen molar-refractivity contribution in [2.24, 2.45) is 5.92 Å². The number of hydrogen-bond acceptors (Lipinski definition) is 1. The summed E-state index contributed by atoms with van der Waals surface area (Å²) in [5, 5.41) is 0. The van der Waals surface area contributed by atoms with Crippen LogP contribution in [0.5, 0.6) is 0 Å². The summed E-state index contributed by atoms with van der Waals surface area (Å²) in [6.07, 6.45) is 8.15. The normalized spacial score (nSPS) is 24.1. The quantitative estimate of drug-likeness (QED) is 0.671. The number of ketones is 1. The van der Waals surface area contributed by atoms with Gasteiger partial charge in [-0.25, -0.2) is 10.0 Å². The van der Waals surface area contributed by atoms with Crippen LogP contribution in [0.2, 0.25) is 0 Å². The van der Waals surface area contributed by atoms with Gasteiger partial charge in [-0.3, -0.25) is 4.79 Å². The van der Waals surface area contributed by atoms with Crippen LogP contribution in [-0.4, -0.2) is 29.3 Å². The van der Waals surface area contributed by atoms with E-state index in [4.69, 9.17) is 0 Å². The van der Waals surface area contributed by atoms with Gasteiger partial charge in [0, 0.05) is 5.75 Å². The van der Waals surface area contributed by atoms with Gasteiger partial charge in [0.15, 0.2) is 5.78 Å². The molecule has 0 radical (unpaired) electrons. The highest BCUT2D eigenvalue weighted by Gasteiger charge is 2.27. The van der Waals surface area contributed by atoms with Crippen LogP contribution < -0.4 is 0 Å². The van der Waals surface area contributed by atoms with Crippen LogP contribution in [0.3, 0.4) is 0 Å². The predicted molar refractivity (Wildman–Crippen MR) is 75.6 cm³/mol. The fourth-order valence-electron chi connectivity index (χ4n) is 2.49. The monoisotopic (exact) mass is 242 g/mol. The molecule has 1 saturated heterocycles. The summed E-state index contributed by atoms with van der Waals surface area (Å²) in [5.74, 6) is 4.34. The van der Waals surface area contributed by atoms with E-state index in [1.54, 1.807) is 0 Å². The molecule has 16 heavy (non-hydrogen) atoms. The Balaban J connectivity index is 2.63. The maximum Gasteiger partial charge on any atom is 0.167 e. The molecule has 2 heteroatoms. The lowest BCUT2D eigenvalue weighted by Crippen LogP contribution is -2.19. The van der Waals surface area contributed by atoms with E-state index in [1.807, 2.05) is 13.0 Å². The summed E-state index contributed by atoms with van der Waals surface area (Å²) in [7, 11) is -0.590. The fraction of sp³-hybridized carbons (Fsp3) is 0.786. The first-order chi connectivity index (χ1) is 7.52. The average Bonchev–Trinajstić information content (AvgIpc) is 2.65. The molecule has 1 fully saturated rings. The van der Waals surface area contributed by atoms with Gasteiger partial charge in [0.2, 0.25) is 0 Å². The molecule has 1 rings (SSSR count). The third-order valence-electron chi connectivity index (χ3n) is 3.78. The second kappa shape index (κ2) is 5.90. The molecular formula is C14H26OS. The number of carbonyl (C=O) groups is 1. The maximum absolute atomic E-state index is 12.3. The van der Waals surface area contributed by atoms with Gasteiger partial charge < -0.3 is 0 Å². The number of rotatable bonds is 5. The van der Waals surface area contributed by atoms with Crippen LogP contribution in [0.4, 0.5) is 0 Å². The summed E-state index contributed by atoms with van der Waals surface area (Å²) in [6, 6.07) is 0. The summed E-state index contributed by atoms with van der Waals surface area (Å²) in [4.78, 5) is 12.3.